The first-order chi connectivity index (χ1) is 9.02. The molecule has 0 radical (unpaired) electrons. The molecule has 0 saturated carbocycles. The average Bonchev–Trinajstić information content (AvgIpc) is 2.38. The van der Waals surface area contributed by atoms with Gasteiger partial charge < -0.3 is 0 Å². The monoisotopic (exact) mass is 338 g/mol. The minimum Gasteiger partial charge on any atom is -0.271 e. The molecule has 0 aliphatic heterocycles. The molecule has 2 aromatic rings. The van der Waals surface area contributed by atoms with E-state index in [0.717, 1.165) is 10.0 Å². The number of hydrogen-bond donors (Lipinski definition) is 2. The van der Waals surface area contributed by atoms with E-state index in [9.17, 15) is 0 Å². The first kappa shape index (κ1) is 14.5. The Hall–Kier alpha value is -0.870. The maximum absolute atomic E-state index is 6.03. The van der Waals surface area contributed by atoms with Crippen LogP contribution in [0.5, 0.6) is 0 Å². The summed E-state index contributed by atoms with van der Waals surface area (Å²) in [5.74, 6) is 5.75. The minimum atomic E-state index is -0.0477. The molecule has 0 heterocycles. The summed E-state index contributed by atoms with van der Waals surface area (Å²) in [6.45, 7) is 4.17. The Balaban J connectivity index is 2.49. The molecule has 2 nitrogen and oxygen atoms in total. The molecule has 1 unspecified atom stereocenters. The van der Waals surface area contributed by atoms with Crippen LogP contribution in [-0.4, -0.2) is 0 Å². The van der Waals surface area contributed by atoms with Gasteiger partial charge in [-0.05, 0) is 58.6 Å². The van der Waals surface area contributed by atoms with Crippen LogP contribution in [0.1, 0.15) is 28.3 Å². The van der Waals surface area contributed by atoms with Crippen LogP contribution >= 0.6 is 27.5 Å². The number of aryl methyl sites for hydroxylation is 2. The highest BCUT2D eigenvalue weighted by atomic mass is 79.9. The zero-order valence-electron chi connectivity index (χ0n) is 10.9. The predicted molar refractivity (Wildman–Crippen MR) is 84.2 cm³/mol. The second-order valence-electron chi connectivity index (χ2n) is 4.63. The largest absolute Gasteiger partial charge is 0.271 e. The molecule has 0 spiro atoms. The molecular formula is C15H16BrClN2. The Kier molecular flexibility index (Phi) is 4.63. The van der Waals surface area contributed by atoms with Gasteiger partial charge in [-0.3, -0.25) is 5.84 Å². The first-order valence-electron chi connectivity index (χ1n) is 6.01. The van der Waals surface area contributed by atoms with Crippen LogP contribution in [-0.2, 0) is 0 Å². The molecule has 0 aromatic heterocycles. The van der Waals surface area contributed by atoms with Crippen LogP contribution in [0.3, 0.4) is 0 Å². The second-order valence-corrected chi connectivity index (χ2v) is 5.89. The second kappa shape index (κ2) is 6.06. The van der Waals surface area contributed by atoms with Crippen LogP contribution in [0.25, 0.3) is 0 Å². The van der Waals surface area contributed by atoms with E-state index >= 15 is 0 Å². The van der Waals surface area contributed by atoms with Gasteiger partial charge in [0.2, 0.25) is 0 Å². The van der Waals surface area contributed by atoms with Gasteiger partial charge in [-0.1, -0.05) is 41.4 Å². The molecule has 19 heavy (non-hydrogen) atoms. The van der Waals surface area contributed by atoms with E-state index in [1.54, 1.807) is 0 Å². The number of hydrogen-bond acceptors (Lipinski definition) is 2. The lowest BCUT2D eigenvalue weighted by Crippen LogP contribution is -2.29. The Bertz CT molecular complexity index is 599. The fourth-order valence-corrected chi connectivity index (χ4v) is 2.64. The van der Waals surface area contributed by atoms with E-state index in [1.807, 2.05) is 18.2 Å². The van der Waals surface area contributed by atoms with Crippen molar-refractivity contribution in [1.29, 1.82) is 0 Å². The van der Waals surface area contributed by atoms with E-state index in [2.05, 4.69) is 53.4 Å². The van der Waals surface area contributed by atoms with E-state index in [-0.39, 0.29) is 6.04 Å². The van der Waals surface area contributed by atoms with Gasteiger partial charge in [0.25, 0.3) is 0 Å². The third kappa shape index (κ3) is 3.18. The molecule has 0 amide bonds. The topological polar surface area (TPSA) is 38.0 Å². The molecule has 0 aliphatic carbocycles. The summed E-state index contributed by atoms with van der Waals surface area (Å²) in [6.07, 6.45) is 0. The summed E-state index contributed by atoms with van der Waals surface area (Å²) >= 11 is 9.48. The third-order valence-corrected chi connectivity index (χ3v) is 4.40. The lowest BCUT2D eigenvalue weighted by atomic mass is 9.94. The Labute approximate surface area is 127 Å². The van der Waals surface area contributed by atoms with Crippen molar-refractivity contribution in [3.8, 4) is 0 Å². The maximum atomic E-state index is 6.03. The normalized spacial score (nSPS) is 12.5. The van der Waals surface area contributed by atoms with Crippen LogP contribution in [0.2, 0.25) is 5.02 Å². The summed E-state index contributed by atoms with van der Waals surface area (Å²) < 4.78 is 0.872. The fraction of sp³-hybridized carbons (Fsp3) is 0.200. The Morgan fingerprint density at radius 3 is 2.53 bits per heavy atom. The van der Waals surface area contributed by atoms with Gasteiger partial charge in [0.1, 0.15) is 0 Å². The van der Waals surface area contributed by atoms with E-state index < -0.39 is 0 Å². The van der Waals surface area contributed by atoms with Crippen molar-refractivity contribution in [3.63, 3.8) is 0 Å². The third-order valence-electron chi connectivity index (χ3n) is 3.19. The summed E-state index contributed by atoms with van der Waals surface area (Å²) in [5.41, 5.74) is 7.56. The quantitative estimate of drug-likeness (QED) is 0.647. The molecule has 0 fully saturated rings. The zero-order valence-corrected chi connectivity index (χ0v) is 13.2. The number of rotatable bonds is 3. The molecule has 2 aromatic carbocycles. The van der Waals surface area contributed by atoms with Gasteiger partial charge in [-0.25, -0.2) is 5.43 Å². The van der Waals surface area contributed by atoms with Gasteiger partial charge in [0, 0.05) is 4.47 Å². The van der Waals surface area contributed by atoms with E-state index in [0.29, 0.717) is 5.02 Å². The standard InChI is InChI=1S/C15H16BrClN2/c1-9-3-4-10(2)12(7-9)15(19-18)11-5-6-14(17)13(16)8-11/h3-8,15,19H,18H2,1-2H3. The van der Waals surface area contributed by atoms with E-state index in [1.165, 1.54) is 16.7 Å². The highest BCUT2D eigenvalue weighted by Gasteiger charge is 2.15. The lowest BCUT2D eigenvalue weighted by molar-refractivity contribution is 0.633. The van der Waals surface area contributed by atoms with Gasteiger partial charge in [-0.2, -0.15) is 0 Å². The molecule has 4 heteroatoms. The number of halogens is 2. The van der Waals surface area contributed by atoms with Crippen LogP contribution in [0.4, 0.5) is 0 Å². The number of benzene rings is 2. The van der Waals surface area contributed by atoms with Crippen molar-refractivity contribution in [2.45, 2.75) is 19.9 Å². The van der Waals surface area contributed by atoms with Crippen LogP contribution < -0.4 is 11.3 Å². The number of nitrogens with two attached hydrogens (primary N) is 1. The predicted octanol–water partition coefficient (Wildman–Crippen LogP) is 4.27. The summed E-state index contributed by atoms with van der Waals surface area (Å²) in [6, 6.07) is 12.2. The van der Waals surface area contributed by atoms with Crippen molar-refractivity contribution in [2.24, 2.45) is 5.84 Å². The van der Waals surface area contributed by atoms with Crippen molar-refractivity contribution in [2.75, 3.05) is 0 Å². The van der Waals surface area contributed by atoms with Crippen molar-refractivity contribution in [3.05, 3.63) is 68.1 Å². The van der Waals surface area contributed by atoms with Crippen LogP contribution in [0, 0.1) is 13.8 Å². The molecule has 100 valence electrons. The molecule has 2 rings (SSSR count). The van der Waals surface area contributed by atoms with Crippen molar-refractivity contribution in [1.82, 2.24) is 5.43 Å². The summed E-state index contributed by atoms with van der Waals surface area (Å²) in [7, 11) is 0. The lowest BCUT2D eigenvalue weighted by Gasteiger charge is -2.20. The average molecular weight is 340 g/mol. The van der Waals surface area contributed by atoms with Crippen molar-refractivity contribution < 1.29 is 0 Å². The highest BCUT2D eigenvalue weighted by molar-refractivity contribution is 9.10. The Morgan fingerprint density at radius 2 is 1.89 bits per heavy atom. The molecule has 0 bridgehead atoms. The van der Waals surface area contributed by atoms with Gasteiger partial charge in [0.15, 0.2) is 0 Å². The van der Waals surface area contributed by atoms with Crippen molar-refractivity contribution >= 4 is 27.5 Å². The minimum absolute atomic E-state index is 0.0477. The van der Waals surface area contributed by atoms with Gasteiger partial charge in [0.05, 0.1) is 11.1 Å². The zero-order chi connectivity index (χ0) is 14.0. The Morgan fingerprint density at radius 1 is 1.16 bits per heavy atom. The molecule has 3 N–H and O–H groups in total. The SMILES string of the molecule is Cc1ccc(C)c(C(NN)c2ccc(Cl)c(Br)c2)c1. The molecule has 0 aliphatic rings. The molecular weight excluding hydrogens is 324 g/mol. The fourth-order valence-electron chi connectivity index (χ4n) is 2.13. The van der Waals surface area contributed by atoms with Gasteiger partial charge >= 0.3 is 0 Å². The molecule has 1 atom stereocenters. The smallest absolute Gasteiger partial charge is 0.0713 e. The van der Waals surface area contributed by atoms with Gasteiger partial charge in [-0.15, -0.1) is 0 Å². The number of hydrazine groups is 1. The first-order valence-corrected chi connectivity index (χ1v) is 7.18. The molecule has 0 saturated heterocycles. The van der Waals surface area contributed by atoms with E-state index in [4.69, 9.17) is 17.4 Å². The number of nitrogens with one attached hydrogen (secondary N) is 1. The highest BCUT2D eigenvalue weighted by Crippen LogP contribution is 2.30. The summed E-state index contributed by atoms with van der Waals surface area (Å²) in [5, 5.41) is 0.695. The maximum Gasteiger partial charge on any atom is 0.0713 e. The van der Waals surface area contributed by atoms with Crippen LogP contribution in [0.15, 0.2) is 40.9 Å². The summed E-state index contributed by atoms with van der Waals surface area (Å²) in [4.78, 5) is 0.